The van der Waals surface area contributed by atoms with E-state index in [0.717, 1.165) is 12.1 Å². The van der Waals surface area contributed by atoms with Crippen LogP contribution >= 0.6 is 0 Å². The van der Waals surface area contributed by atoms with Crippen LogP contribution in [0.2, 0.25) is 0 Å². The highest BCUT2D eigenvalue weighted by Crippen LogP contribution is 2.36. The predicted octanol–water partition coefficient (Wildman–Crippen LogP) is 3.08. The fraction of sp³-hybridized carbons (Fsp3) is 0.381. The second-order valence-corrected chi connectivity index (χ2v) is 7.39. The molecule has 1 aliphatic rings. The number of anilines is 1. The largest absolute Gasteiger partial charge is 0.402 e. The smallest absolute Gasteiger partial charge is 0.192 e. The number of aryl methyl sites for hydroxylation is 1. The minimum Gasteiger partial charge on any atom is -0.402 e. The molecule has 30 heavy (non-hydrogen) atoms. The third-order valence-electron chi connectivity index (χ3n) is 5.23. The van der Waals surface area contributed by atoms with Gasteiger partial charge in [0.25, 0.3) is 0 Å². The highest BCUT2D eigenvalue weighted by molar-refractivity contribution is 6.10. The van der Waals surface area contributed by atoms with Crippen LogP contribution in [0.1, 0.15) is 36.8 Å². The lowest BCUT2D eigenvalue weighted by molar-refractivity contribution is 0.0111. The van der Waals surface area contributed by atoms with Crippen molar-refractivity contribution >= 4 is 17.6 Å². The summed E-state index contributed by atoms with van der Waals surface area (Å²) in [6.45, 7) is 3.83. The maximum atomic E-state index is 15.3. The predicted molar refractivity (Wildman–Crippen MR) is 110 cm³/mol. The fourth-order valence-electron chi connectivity index (χ4n) is 3.57. The van der Waals surface area contributed by atoms with Gasteiger partial charge in [-0.3, -0.25) is 4.99 Å². The van der Waals surface area contributed by atoms with Gasteiger partial charge >= 0.3 is 0 Å². The van der Waals surface area contributed by atoms with E-state index in [1.807, 2.05) is 0 Å². The van der Waals surface area contributed by atoms with Crippen LogP contribution in [0.4, 0.5) is 19.0 Å². The fourth-order valence-corrected chi connectivity index (χ4v) is 3.57. The van der Waals surface area contributed by atoms with E-state index in [1.54, 1.807) is 25.8 Å². The summed E-state index contributed by atoms with van der Waals surface area (Å²) in [6, 6.07) is 3.36. The molecule has 1 fully saturated rings. The molecular formula is C21H24F3N5O. The van der Waals surface area contributed by atoms with Gasteiger partial charge in [-0.2, -0.15) is 0 Å². The van der Waals surface area contributed by atoms with Crippen molar-refractivity contribution in [1.82, 2.24) is 9.97 Å². The van der Waals surface area contributed by atoms with Crippen LogP contribution in [-0.4, -0.2) is 41.4 Å². The van der Waals surface area contributed by atoms with Crippen molar-refractivity contribution in [2.24, 2.45) is 10.7 Å². The molecule has 0 atom stereocenters. The summed E-state index contributed by atoms with van der Waals surface area (Å²) in [5, 5.41) is 10.9. The number of hydrogen-bond donors (Lipinski definition) is 2. The lowest BCUT2D eigenvalue weighted by atomic mass is 9.84. The summed E-state index contributed by atoms with van der Waals surface area (Å²) in [5.41, 5.74) is 5.65. The number of aliphatic imine (C=N–C) groups is 1. The third kappa shape index (κ3) is 4.16. The minimum absolute atomic E-state index is 0.0598. The van der Waals surface area contributed by atoms with Gasteiger partial charge < -0.3 is 15.7 Å². The molecule has 0 amide bonds. The van der Waals surface area contributed by atoms with E-state index in [2.05, 4.69) is 15.0 Å². The van der Waals surface area contributed by atoms with E-state index in [1.165, 1.54) is 12.3 Å². The summed E-state index contributed by atoms with van der Waals surface area (Å²) >= 11 is 0. The lowest BCUT2D eigenvalue weighted by Crippen LogP contribution is -2.43. The standard InChI is InChI=1S/C21H24F3N5O/c1-12(25)15(11-26-3)19-18(24)20(28-13(2)27-19)29-8-6-21(30,7-9-29)14-4-5-16(22)17(23)10-14/h4-5,10-11,30H,6-9,25H2,1-3H3/b15-12+,26-11?. The molecular weight excluding hydrogens is 395 g/mol. The van der Waals surface area contributed by atoms with Crippen molar-refractivity contribution < 1.29 is 18.3 Å². The maximum Gasteiger partial charge on any atom is 0.192 e. The number of nitrogens with zero attached hydrogens (tertiary/aromatic N) is 4. The Balaban J connectivity index is 1.90. The number of piperidine rings is 1. The second-order valence-electron chi connectivity index (χ2n) is 7.39. The Hall–Kier alpha value is -2.94. The zero-order valence-corrected chi connectivity index (χ0v) is 17.1. The lowest BCUT2D eigenvalue weighted by Gasteiger charge is -2.39. The Morgan fingerprint density at radius 3 is 2.43 bits per heavy atom. The van der Waals surface area contributed by atoms with Gasteiger partial charge in [-0.25, -0.2) is 23.1 Å². The number of benzene rings is 1. The van der Waals surface area contributed by atoms with Crippen LogP contribution in [0, 0.1) is 24.4 Å². The molecule has 1 aliphatic heterocycles. The van der Waals surface area contributed by atoms with E-state index < -0.39 is 23.1 Å². The van der Waals surface area contributed by atoms with Crippen molar-refractivity contribution in [2.75, 3.05) is 25.0 Å². The van der Waals surface area contributed by atoms with Crippen molar-refractivity contribution in [1.29, 1.82) is 0 Å². The number of allylic oxidation sites excluding steroid dienone is 2. The number of nitrogens with two attached hydrogens (primary N) is 1. The first-order valence-corrected chi connectivity index (χ1v) is 9.52. The highest BCUT2D eigenvalue weighted by atomic mass is 19.2. The van der Waals surface area contributed by atoms with E-state index in [4.69, 9.17) is 5.73 Å². The van der Waals surface area contributed by atoms with Crippen LogP contribution in [0.5, 0.6) is 0 Å². The molecule has 9 heteroatoms. The Morgan fingerprint density at radius 1 is 1.20 bits per heavy atom. The van der Waals surface area contributed by atoms with Gasteiger partial charge in [0, 0.05) is 37.6 Å². The van der Waals surface area contributed by atoms with Crippen LogP contribution in [0.25, 0.3) is 5.57 Å². The normalized spacial score (nSPS) is 17.4. The summed E-state index contributed by atoms with van der Waals surface area (Å²) in [6.07, 6.45) is 1.85. The molecule has 0 radical (unpaired) electrons. The molecule has 160 valence electrons. The topological polar surface area (TPSA) is 87.6 Å². The number of halogens is 3. The zero-order valence-electron chi connectivity index (χ0n) is 17.1. The number of aliphatic hydroxyl groups is 1. The molecule has 0 spiro atoms. The number of aromatic nitrogens is 2. The van der Waals surface area contributed by atoms with E-state index in [0.29, 0.717) is 22.7 Å². The Morgan fingerprint density at radius 2 is 1.87 bits per heavy atom. The van der Waals surface area contributed by atoms with Gasteiger partial charge in [-0.05, 0) is 44.4 Å². The zero-order chi connectivity index (χ0) is 22.1. The summed E-state index contributed by atoms with van der Waals surface area (Å²) < 4.78 is 42.1. The molecule has 0 aliphatic carbocycles. The summed E-state index contributed by atoms with van der Waals surface area (Å²) in [5.74, 6) is -2.14. The Bertz CT molecular complexity index is 1010. The van der Waals surface area contributed by atoms with E-state index in [-0.39, 0.29) is 37.4 Å². The van der Waals surface area contributed by atoms with Crippen LogP contribution in [-0.2, 0) is 5.60 Å². The van der Waals surface area contributed by atoms with Gasteiger partial charge in [-0.1, -0.05) is 6.07 Å². The highest BCUT2D eigenvalue weighted by Gasteiger charge is 2.36. The van der Waals surface area contributed by atoms with Gasteiger partial charge in [0.1, 0.15) is 11.5 Å². The molecule has 1 aromatic carbocycles. The first kappa shape index (κ1) is 21.8. The van der Waals surface area contributed by atoms with Crippen molar-refractivity contribution in [3.05, 3.63) is 58.4 Å². The number of hydrogen-bond acceptors (Lipinski definition) is 6. The molecule has 1 saturated heterocycles. The van der Waals surface area contributed by atoms with Crippen LogP contribution in [0.15, 0.2) is 28.9 Å². The van der Waals surface area contributed by atoms with E-state index >= 15 is 4.39 Å². The average molecular weight is 419 g/mol. The second kappa shape index (κ2) is 8.43. The molecule has 2 aromatic rings. The first-order valence-electron chi connectivity index (χ1n) is 9.52. The van der Waals surface area contributed by atoms with Gasteiger partial charge in [-0.15, -0.1) is 0 Å². The maximum absolute atomic E-state index is 15.3. The molecule has 2 heterocycles. The molecule has 0 bridgehead atoms. The molecule has 3 rings (SSSR count). The average Bonchev–Trinajstić information content (AvgIpc) is 2.70. The minimum atomic E-state index is -1.33. The Labute approximate surface area is 173 Å². The molecule has 6 nitrogen and oxygen atoms in total. The quantitative estimate of drug-likeness (QED) is 0.744. The van der Waals surface area contributed by atoms with Crippen LogP contribution in [0.3, 0.4) is 0 Å². The molecule has 3 N–H and O–H groups in total. The third-order valence-corrected chi connectivity index (χ3v) is 5.23. The molecule has 1 aromatic heterocycles. The monoisotopic (exact) mass is 419 g/mol. The molecule has 0 unspecified atom stereocenters. The Kier molecular flexibility index (Phi) is 6.12. The molecule has 0 saturated carbocycles. The SMILES string of the molecule is CN=C/C(=C(/C)N)c1nc(C)nc(N2CCC(O)(c3ccc(F)c(F)c3)CC2)c1F. The first-order chi connectivity index (χ1) is 14.2. The van der Waals surface area contributed by atoms with Gasteiger partial charge in [0.15, 0.2) is 23.3 Å². The van der Waals surface area contributed by atoms with Crippen molar-refractivity contribution in [3.63, 3.8) is 0 Å². The summed E-state index contributed by atoms with van der Waals surface area (Å²) in [7, 11) is 1.56. The van der Waals surface area contributed by atoms with E-state index in [9.17, 15) is 13.9 Å². The number of rotatable bonds is 4. The summed E-state index contributed by atoms with van der Waals surface area (Å²) in [4.78, 5) is 14.1. The van der Waals surface area contributed by atoms with Gasteiger partial charge in [0.05, 0.1) is 5.60 Å². The van der Waals surface area contributed by atoms with Gasteiger partial charge in [0.2, 0.25) is 0 Å². The van der Waals surface area contributed by atoms with Crippen LogP contribution < -0.4 is 10.6 Å². The van der Waals surface area contributed by atoms with Crippen molar-refractivity contribution in [3.8, 4) is 0 Å². The van der Waals surface area contributed by atoms with Crippen molar-refractivity contribution in [2.45, 2.75) is 32.3 Å².